The molecule has 4 rings (SSSR count). The van der Waals surface area contributed by atoms with Gasteiger partial charge < -0.3 is 21.4 Å². The lowest BCUT2D eigenvalue weighted by molar-refractivity contribution is 0.0946. The summed E-state index contributed by atoms with van der Waals surface area (Å²) in [5.74, 6) is 0.116. The molecule has 2 atom stereocenters. The van der Waals surface area contributed by atoms with Gasteiger partial charge in [-0.05, 0) is 60.8 Å². The topological polar surface area (TPSA) is 82.9 Å². The van der Waals surface area contributed by atoms with Gasteiger partial charge in [0.15, 0.2) is 0 Å². The number of benzene rings is 2. The summed E-state index contributed by atoms with van der Waals surface area (Å²) < 4.78 is 13.1. The number of hydrogen-bond acceptors (Lipinski definition) is 3. The number of carbonyl (C=O) groups is 1. The van der Waals surface area contributed by atoms with Crippen LogP contribution in [0.4, 0.5) is 4.39 Å². The molecule has 0 radical (unpaired) electrons. The summed E-state index contributed by atoms with van der Waals surface area (Å²) in [7, 11) is 0. The first kappa shape index (κ1) is 17.7. The third kappa shape index (κ3) is 3.86. The highest BCUT2D eigenvalue weighted by molar-refractivity contribution is 5.98. The minimum atomic E-state index is -0.256. The van der Waals surface area contributed by atoms with Crippen molar-refractivity contribution in [2.24, 2.45) is 11.7 Å². The quantitative estimate of drug-likeness (QED) is 0.560. The van der Waals surface area contributed by atoms with Crippen molar-refractivity contribution < 1.29 is 9.18 Å². The maximum absolute atomic E-state index is 13.1. The number of carbonyl (C=O) groups excluding carboxylic acids is 1. The van der Waals surface area contributed by atoms with Crippen LogP contribution in [-0.4, -0.2) is 36.6 Å². The average Bonchev–Trinajstić information content (AvgIpc) is 3.32. The highest BCUT2D eigenvalue weighted by Crippen LogP contribution is 2.25. The first-order valence-electron chi connectivity index (χ1n) is 9.23. The molecule has 27 heavy (non-hydrogen) atoms. The van der Waals surface area contributed by atoms with Crippen LogP contribution in [0.3, 0.4) is 0 Å². The molecular formula is C21H23FN4O. The van der Waals surface area contributed by atoms with Crippen molar-refractivity contribution in [3.63, 3.8) is 0 Å². The van der Waals surface area contributed by atoms with Gasteiger partial charge in [-0.3, -0.25) is 4.79 Å². The van der Waals surface area contributed by atoms with Gasteiger partial charge in [-0.25, -0.2) is 4.39 Å². The summed E-state index contributed by atoms with van der Waals surface area (Å²) in [6.45, 7) is 2.18. The van der Waals surface area contributed by atoms with Crippen LogP contribution in [0.15, 0.2) is 48.5 Å². The van der Waals surface area contributed by atoms with Gasteiger partial charge >= 0.3 is 0 Å². The van der Waals surface area contributed by atoms with Gasteiger partial charge in [0.2, 0.25) is 0 Å². The van der Waals surface area contributed by atoms with Crippen molar-refractivity contribution in [3.8, 4) is 11.1 Å². The number of nitrogens with one attached hydrogen (secondary N) is 3. The predicted molar refractivity (Wildman–Crippen MR) is 105 cm³/mol. The fraction of sp³-hybridized carbons (Fsp3) is 0.286. The number of hydrogen-bond donors (Lipinski definition) is 4. The standard InChI is InChI=1S/C21H23FN4O/c22-17-5-3-14(4-6-17)15-1-2-16-9-20(26-19(16)8-15)21(27)25-12-18-7-13(10-23)11-24-18/h1-6,8-9,13,18,24,26H,7,10-12,23H2,(H,25,27)/t13-,18-/m1/s1. The van der Waals surface area contributed by atoms with Crippen LogP contribution in [0.2, 0.25) is 0 Å². The third-order valence-corrected chi connectivity index (χ3v) is 5.20. The lowest BCUT2D eigenvalue weighted by atomic mass is 10.0. The van der Waals surface area contributed by atoms with Crippen molar-refractivity contribution >= 4 is 16.8 Å². The van der Waals surface area contributed by atoms with E-state index < -0.39 is 0 Å². The normalized spacial score (nSPS) is 19.5. The van der Waals surface area contributed by atoms with E-state index in [0.29, 0.717) is 24.7 Å². The van der Waals surface area contributed by atoms with E-state index in [1.807, 2.05) is 24.3 Å². The van der Waals surface area contributed by atoms with Crippen molar-refractivity contribution in [2.75, 3.05) is 19.6 Å². The SMILES string of the molecule is NC[C@@H]1CN[C@@H](CNC(=O)c2cc3ccc(-c4ccc(F)cc4)cc3[nH]2)C1. The summed E-state index contributed by atoms with van der Waals surface area (Å²) in [6.07, 6.45) is 0.991. The number of fused-ring (bicyclic) bond motifs is 1. The number of H-pyrrole nitrogens is 1. The fourth-order valence-corrected chi connectivity index (χ4v) is 3.62. The van der Waals surface area contributed by atoms with Crippen LogP contribution in [-0.2, 0) is 0 Å². The molecule has 2 aromatic carbocycles. The van der Waals surface area contributed by atoms with E-state index in [0.717, 1.165) is 35.0 Å². The zero-order valence-corrected chi connectivity index (χ0v) is 15.0. The molecule has 3 aromatic rings. The fourth-order valence-electron chi connectivity index (χ4n) is 3.62. The van der Waals surface area contributed by atoms with Gasteiger partial charge in [-0.2, -0.15) is 0 Å². The zero-order valence-electron chi connectivity index (χ0n) is 15.0. The number of nitrogens with two attached hydrogens (primary N) is 1. The largest absolute Gasteiger partial charge is 0.351 e. The number of amides is 1. The number of rotatable bonds is 5. The Hall–Kier alpha value is -2.70. The van der Waals surface area contributed by atoms with Crippen molar-refractivity contribution in [1.29, 1.82) is 0 Å². The monoisotopic (exact) mass is 366 g/mol. The number of halogens is 1. The van der Waals surface area contributed by atoms with Crippen LogP contribution < -0.4 is 16.4 Å². The van der Waals surface area contributed by atoms with E-state index in [1.54, 1.807) is 12.1 Å². The van der Waals surface area contributed by atoms with E-state index in [9.17, 15) is 9.18 Å². The molecule has 2 heterocycles. The molecule has 0 unspecified atom stereocenters. The Kier molecular flexibility index (Phi) is 4.92. The first-order chi connectivity index (χ1) is 13.1. The van der Waals surface area contributed by atoms with Gasteiger partial charge in [-0.15, -0.1) is 0 Å². The van der Waals surface area contributed by atoms with Crippen LogP contribution >= 0.6 is 0 Å². The Balaban J connectivity index is 1.46. The Morgan fingerprint density at radius 3 is 2.67 bits per heavy atom. The summed E-state index contributed by atoms with van der Waals surface area (Å²) in [5, 5.41) is 7.34. The Bertz CT molecular complexity index is 950. The molecular weight excluding hydrogens is 343 g/mol. The van der Waals surface area contributed by atoms with Crippen molar-refractivity contribution in [3.05, 3.63) is 60.0 Å². The molecule has 5 N–H and O–H groups in total. The van der Waals surface area contributed by atoms with Gasteiger partial charge in [-0.1, -0.05) is 24.3 Å². The molecule has 1 aliphatic heterocycles. The Morgan fingerprint density at radius 2 is 1.93 bits per heavy atom. The molecule has 1 aliphatic rings. The smallest absolute Gasteiger partial charge is 0.267 e. The van der Waals surface area contributed by atoms with Crippen LogP contribution in [0.1, 0.15) is 16.9 Å². The molecule has 1 aromatic heterocycles. The Labute approximate surface area is 157 Å². The summed E-state index contributed by atoms with van der Waals surface area (Å²) in [6, 6.07) is 14.4. The molecule has 6 heteroatoms. The molecule has 140 valence electrons. The van der Waals surface area contributed by atoms with Gasteiger partial charge in [0, 0.05) is 23.5 Å². The average molecular weight is 366 g/mol. The molecule has 0 aliphatic carbocycles. The van der Waals surface area contributed by atoms with E-state index >= 15 is 0 Å². The number of aromatic amines is 1. The van der Waals surface area contributed by atoms with Crippen molar-refractivity contribution in [2.45, 2.75) is 12.5 Å². The minimum Gasteiger partial charge on any atom is -0.351 e. The zero-order chi connectivity index (χ0) is 18.8. The summed E-state index contributed by atoms with van der Waals surface area (Å²) >= 11 is 0. The lowest BCUT2D eigenvalue weighted by Gasteiger charge is -2.11. The molecule has 1 amide bonds. The molecule has 1 saturated heterocycles. The maximum Gasteiger partial charge on any atom is 0.267 e. The second kappa shape index (κ2) is 7.50. The second-order valence-electron chi connectivity index (χ2n) is 7.14. The van der Waals surface area contributed by atoms with E-state index in [4.69, 9.17) is 5.73 Å². The van der Waals surface area contributed by atoms with Crippen LogP contribution in [0.25, 0.3) is 22.0 Å². The van der Waals surface area contributed by atoms with Crippen LogP contribution in [0, 0.1) is 11.7 Å². The lowest BCUT2D eigenvalue weighted by Crippen LogP contribution is -2.37. The Morgan fingerprint density at radius 1 is 1.15 bits per heavy atom. The highest BCUT2D eigenvalue weighted by Gasteiger charge is 2.23. The summed E-state index contributed by atoms with van der Waals surface area (Å²) in [5.41, 5.74) is 9.02. The first-order valence-corrected chi connectivity index (χ1v) is 9.23. The maximum atomic E-state index is 13.1. The van der Waals surface area contributed by atoms with Gasteiger partial charge in [0.05, 0.1) is 0 Å². The number of aromatic nitrogens is 1. The molecule has 0 saturated carbocycles. The third-order valence-electron chi connectivity index (χ3n) is 5.20. The second-order valence-corrected chi connectivity index (χ2v) is 7.14. The molecule has 0 spiro atoms. The molecule has 0 bridgehead atoms. The van der Waals surface area contributed by atoms with E-state index in [-0.39, 0.29) is 17.8 Å². The predicted octanol–water partition coefficient (Wildman–Crippen LogP) is 2.64. The van der Waals surface area contributed by atoms with Gasteiger partial charge in [0.25, 0.3) is 5.91 Å². The van der Waals surface area contributed by atoms with E-state index in [2.05, 4.69) is 15.6 Å². The van der Waals surface area contributed by atoms with Crippen molar-refractivity contribution in [1.82, 2.24) is 15.6 Å². The minimum absolute atomic E-state index is 0.118. The molecule has 5 nitrogen and oxygen atoms in total. The van der Waals surface area contributed by atoms with E-state index in [1.165, 1.54) is 12.1 Å². The highest BCUT2D eigenvalue weighted by atomic mass is 19.1. The van der Waals surface area contributed by atoms with Crippen LogP contribution in [0.5, 0.6) is 0 Å². The summed E-state index contributed by atoms with van der Waals surface area (Å²) in [4.78, 5) is 15.7. The molecule has 1 fully saturated rings. The van der Waals surface area contributed by atoms with Gasteiger partial charge in [0.1, 0.15) is 11.5 Å².